The molecule has 0 saturated carbocycles. The van der Waals surface area contributed by atoms with Gasteiger partial charge < -0.3 is 15.4 Å². The Kier molecular flexibility index (Phi) is 4.37. The van der Waals surface area contributed by atoms with Gasteiger partial charge in [0.05, 0.1) is 13.0 Å². The van der Waals surface area contributed by atoms with E-state index in [9.17, 15) is 9.18 Å². The smallest absolute Gasteiger partial charge is 0.228 e. The van der Waals surface area contributed by atoms with Crippen molar-refractivity contribution in [3.05, 3.63) is 24.0 Å². The van der Waals surface area contributed by atoms with Crippen molar-refractivity contribution in [2.75, 3.05) is 25.5 Å². The van der Waals surface area contributed by atoms with Crippen molar-refractivity contribution in [1.29, 1.82) is 0 Å². The number of halogens is 1. The van der Waals surface area contributed by atoms with E-state index in [0.717, 1.165) is 13.0 Å². The molecule has 2 unspecified atom stereocenters. The first-order valence-electron chi connectivity index (χ1n) is 6.45. The van der Waals surface area contributed by atoms with Gasteiger partial charge in [-0.05, 0) is 31.0 Å². The molecule has 0 radical (unpaired) electrons. The molecule has 1 aliphatic rings. The molecule has 104 valence electrons. The van der Waals surface area contributed by atoms with Gasteiger partial charge in [-0.25, -0.2) is 4.39 Å². The lowest BCUT2D eigenvalue weighted by molar-refractivity contribution is -0.120. The summed E-state index contributed by atoms with van der Waals surface area (Å²) < 4.78 is 18.2. The SMILES string of the molecule is COc1cc(NC(=O)C2CNCC(C)C2)ccc1F. The standard InChI is InChI=1S/C14H19FN2O2/c1-9-5-10(8-16-7-9)14(18)17-11-3-4-12(15)13(6-11)19-2/h3-4,6,9-10,16H,5,7-8H2,1-2H3,(H,17,18). The predicted octanol–water partition coefficient (Wildman–Crippen LogP) is 2.02. The van der Waals surface area contributed by atoms with Crippen LogP contribution in [0.5, 0.6) is 5.75 Å². The van der Waals surface area contributed by atoms with Gasteiger partial charge in [-0.2, -0.15) is 0 Å². The molecule has 1 amide bonds. The Balaban J connectivity index is 2.02. The van der Waals surface area contributed by atoms with Crippen LogP contribution in [0.3, 0.4) is 0 Å². The van der Waals surface area contributed by atoms with Crippen LogP contribution in [-0.2, 0) is 4.79 Å². The van der Waals surface area contributed by atoms with E-state index in [1.54, 1.807) is 0 Å². The number of nitrogens with one attached hydrogen (secondary N) is 2. The molecule has 1 heterocycles. The average molecular weight is 266 g/mol. The first-order chi connectivity index (χ1) is 9.10. The molecule has 2 rings (SSSR count). The van der Waals surface area contributed by atoms with Crippen molar-refractivity contribution in [3.8, 4) is 5.75 Å². The van der Waals surface area contributed by atoms with E-state index in [1.165, 1.54) is 25.3 Å². The molecule has 0 spiro atoms. The zero-order valence-corrected chi connectivity index (χ0v) is 11.2. The van der Waals surface area contributed by atoms with Gasteiger partial charge in [0, 0.05) is 18.3 Å². The van der Waals surface area contributed by atoms with Crippen LogP contribution < -0.4 is 15.4 Å². The fraction of sp³-hybridized carbons (Fsp3) is 0.500. The predicted molar refractivity (Wildman–Crippen MR) is 71.7 cm³/mol. The number of piperidine rings is 1. The van der Waals surface area contributed by atoms with E-state index >= 15 is 0 Å². The number of ether oxygens (including phenoxy) is 1. The second-order valence-corrected chi connectivity index (χ2v) is 5.03. The first-order valence-corrected chi connectivity index (χ1v) is 6.45. The van der Waals surface area contributed by atoms with Crippen LogP contribution in [0.2, 0.25) is 0 Å². The Bertz CT molecular complexity index is 465. The third kappa shape index (κ3) is 3.44. The second kappa shape index (κ2) is 6.02. The summed E-state index contributed by atoms with van der Waals surface area (Å²) in [5, 5.41) is 6.05. The minimum absolute atomic E-state index is 0.0345. The molecule has 2 N–H and O–H groups in total. The summed E-state index contributed by atoms with van der Waals surface area (Å²) in [5.41, 5.74) is 0.557. The summed E-state index contributed by atoms with van der Waals surface area (Å²) in [7, 11) is 1.40. The Morgan fingerprint density at radius 2 is 2.26 bits per heavy atom. The van der Waals surface area contributed by atoms with Gasteiger partial charge in [0.2, 0.25) is 5.91 Å². The number of anilines is 1. The van der Waals surface area contributed by atoms with Gasteiger partial charge >= 0.3 is 0 Å². The fourth-order valence-corrected chi connectivity index (χ4v) is 2.34. The van der Waals surface area contributed by atoms with Crippen LogP contribution in [0.4, 0.5) is 10.1 Å². The van der Waals surface area contributed by atoms with Gasteiger partial charge in [0.25, 0.3) is 0 Å². The second-order valence-electron chi connectivity index (χ2n) is 5.03. The van der Waals surface area contributed by atoms with E-state index in [0.29, 0.717) is 18.2 Å². The van der Waals surface area contributed by atoms with Gasteiger partial charge in [-0.1, -0.05) is 6.92 Å². The zero-order valence-electron chi connectivity index (χ0n) is 11.2. The summed E-state index contributed by atoms with van der Waals surface area (Å²) in [6, 6.07) is 4.32. The number of rotatable bonds is 3. The van der Waals surface area contributed by atoms with Crippen molar-refractivity contribution in [2.45, 2.75) is 13.3 Å². The van der Waals surface area contributed by atoms with Gasteiger partial charge in [-0.15, -0.1) is 0 Å². The number of carbonyl (C=O) groups excluding carboxylic acids is 1. The highest BCUT2D eigenvalue weighted by atomic mass is 19.1. The maximum atomic E-state index is 13.3. The molecule has 19 heavy (non-hydrogen) atoms. The first kappa shape index (κ1) is 13.8. The minimum Gasteiger partial charge on any atom is -0.494 e. The van der Waals surface area contributed by atoms with Crippen molar-refractivity contribution in [2.24, 2.45) is 11.8 Å². The monoisotopic (exact) mass is 266 g/mol. The van der Waals surface area contributed by atoms with E-state index in [1.807, 2.05) is 0 Å². The molecular weight excluding hydrogens is 247 g/mol. The number of amides is 1. The molecule has 1 aliphatic heterocycles. The quantitative estimate of drug-likeness (QED) is 0.880. The summed E-state index contributed by atoms with van der Waals surface area (Å²) in [6.07, 6.45) is 0.872. The summed E-state index contributed by atoms with van der Waals surface area (Å²) >= 11 is 0. The average Bonchev–Trinajstić information content (AvgIpc) is 2.41. The molecule has 0 bridgehead atoms. The number of carbonyl (C=O) groups is 1. The van der Waals surface area contributed by atoms with Crippen LogP contribution in [0.15, 0.2) is 18.2 Å². The van der Waals surface area contributed by atoms with Crippen molar-refractivity contribution in [1.82, 2.24) is 5.32 Å². The number of methoxy groups -OCH3 is 1. The van der Waals surface area contributed by atoms with E-state index < -0.39 is 5.82 Å². The molecular formula is C14H19FN2O2. The third-order valence-electron chi connectivity index (χ3n) is 3.36. The van der Waals surface area contributed by atoms with E-state index in [2.05, 4.69) is 17.6 Å². The fourth-order valence-electron chi connectivity index (χ4n) is 2.34. The normalized spacial score (nSPS) is 22.9. The lowest BCUT2D eigenvalue weighted by Crippen LogP contribution is -2.40. The summed E-state index contributed by atoms with van der Waals surface area (Å²) in [5.74, 6) is 0.112. The van der Waals surface area contributed by atoms with Crippen LogP contribution in [0.1, 0.15) is 13.3 Å². The molecule has 1 fully saturated rings. The molecule has 2 atom stereocenters. The Labute approximate surface area is 112 Å². The topological polar surface area (TPSA) is 50.4 Å². The molecule has 5 heteroatoms. The highest BCUT2D eigenvalue weighted by Gasteiger charge is 2.24. The van der Waals surface area contributed by atoms with Crippen molar-refractivity contribution >= 4 is 11.6 Å². The van der Waals surface area contributed by atoms with Crippen molar-refractivity contribution < 1.29 is 13.9 Å². The molecule has 0 aliphatic carbocycles. The van der Waals surface area contributed by atoms with Crippen LogP contribution in [-0.4, -0.2) is 26.1 Å². The summed E-state index contributed by atoms with van der Waals surface area (Å²) in [4.78, 5) is 12.1. The maximum Gasteiger partial charge on any atom is 0.228 e. The van der Waals surface area contributed by atoms with Gasteiger partial charge in [-0.3, -0.25) is 4.79 Å². The summed E-state index contributed by atoms with van der Waals surface area (Å²) in [6.45, 7) is 3.76. The Morgan fingerprint density at radius 1 is 1.47 bits per heavy atom. The highest BCUT2D eigenvalue weighted by molar-refractivity contribution is 5.93. The molecule has 1 aromatic carbocycles. The van der Waals surface area contributed by atoms with Crippen LogP contribution in [0.25, 0.3) is 0 Å². The maximum absolute atomic E-state index is 13.3. The van der Waals surface area contributed by atoms with Crippen LogP contribution >= 0.6 is 0 Å². The third-order valence-corrected chi connectivity index (χ3v) is 3.36. The molecule has 1 aromatic rings. The molecule has 4 nitrogen and oxygen atoms in total. The molecule has 1 saturated heterocycles. The largest absolute Gasteiger partial charge is 0.494 e. The number of hydrogen-bond acceptors (Lipinski definition) is 3. The van der Waals surface area contributed by atoms with E-state index in [4.69, 9.17) is 4.74 Å². The van der Waals surface area contributed by atoms with Crippen LogP contribution in [0, 0.1) is 17.7 Å². The lowest BCUT2D eigenvalue weighted by Gasteiger charge is -2.26. The number of hydrogen-bond donors (Lipinski definition) is 2. The van der Waals surface area contributed by atoms with Crippen molar-refractivity contribution in [3.63, 3.8) is 0 Å². The minimum atomic E-state index is -0.437. The van der Waals surface area contributed by atoms with Gasteiger partial charge in [0.1, 0.15) is 0 Å². The molecule has 0 aromatic heterocycles. The Morgan fingerprint density at radius 3 is 2.95 bits per heavy atom. The lowest BCUT2D eigenvalue weighted by atomic mass is 9.91. The highest BCUT2D eigenvalue weighted by Crippen LogP contribution is 2.23. The Hall–Kier alpha value is -1.62. The number of benzene rings is 1. The van der Waals surface area contributed by atoms with E-state index in [-0.39, 0.29) is 17.6 Å². The van der Waals surface area contributed by atoms with Gasteiger partial charge in [0.15, 0.2) is 11.6 Å². The zero-order chi connectivity index (χ0) is 13.8.